The molecule has 0 unspecified atom stereocenters. The summed E-state index contributed by atoms with van der Waals surface area (Å²) in [6.45, 7) is 5.72. The van der Waals surface area contributed by atoms with E-state index in [4.69, 9.17) is 21.1 Å². The first-order valence-corrected chi connectivity index (χ1v) is 10.5. The smallest absolute Gasteiger partial charge is 0.262 e. The largest absolute Gasteiger partial charge is 0.493 e. The highest BCUT2D eigenvalue weighted by molar-refractivity contribution is 6.32. The molecule has 0 bridgehead atoms. The number of hydrogen-bond acceptors (Lipinski definition) is 4. The fourth-order valence-corrected chi connectivity index (χ4v) is 3.18. The molecule has 1 amide bonds. The van der Waals surface area contributed by atoms with Gasteiger partial charge in [0.15, 0.2) is 18.1 Å². The molecule has 6 heteroatoms. The van der Waals surface area contributed by atoms with Gasteiger partial charge >= 0.3 is 0 Å². The summed E-state index contributed by atoms with van der Waals surface area (Å²) in [7, 11) is 1.56. The monoisotopic (exact) mass is 418 g/mol. The fourth-order valence-electron chi connectivity index (χ4n) is 2.90. The van der Waals surface area contributed by atoms with Gasteiger partial charge in [-0.2, -0.15) is 0 Å². The summed E-state index contributed by atoms with van der Waals surface area (Å²) < 4.78 is 11.1. The Hall–Kier alpha value is -2.24. The Morgan fingerprint density at radius 1 is 1.10 bits per heavy atom. The molecule has 0 aromatic heterocycles. The quantitative estimate of drug-likeness (QED) is 0.456. The summed E-state index contributed by atoms with van der Waals surface area (Å²) in [6, 6.07) is 11.3. The Bertz CT molecular complexity index is 778. The molecule has 0 spiro atoms. The fraction of sp³-hybridized carbons (Fsp3) is 0.435. The number of hydrogen-bond donors (Lipinski definition) is 2. The molecule has 0 saturated heterocycles. The zero-order valence-corrected chi connectivity index (χ0v) is 18.3. The van der Waals surface area contributed by atoms with Gasteiger partial charge in [-0.15, -0.1) is 0 Å². The van der Waals surface area contributed by atoms with Crippen molar-refractivity contribution in [1.82, 2.24) is 5.32 Å². The number of carbonyl (C=O) groups excluding carboxylic acids is 1. The molecule has 0 atom stereocenters. The number of unbranched alkanes of at least 4 members (excludes halogenated alkanes) is 3. The minimum atomic E-state index is -0.259. The summed E-state index contributed by atoms with van der Waals surface area (Å²) in [4.78, 5) is 12.2. The second-order valence-corrected chi connectivity index (χ2v) is 7.46. The number of rotatable bonds is 12. The topological polar surface area (TPSA) is 59.6 Å². The number of halogens is 1. The molecule has 0 radical (unpaired) electrons. The van der Waals surface area contributed by atoms with Crippen molar-refractivity contribution < 1.29 is 14.3 Å². The van der Waals surface area contributed by atoms with E-state index in [2.05, 4.69) is 17.6 Å². The minimum absolute atomic E-state index is 0.154. The first-order valence-electron chi connectivity index (χ1n) is 10.1. The number of benzene rings is 2. The van der Waals surface area contributed by atoms with Gasteiger partial charge in [0.2, 0.25) is 0 Å². The standard InChI is InChI=1S/C23H31ClN2O3/c1-4-5-6-7-12-25-15-18-13-20(24)23(21(14-18)28-3)29-16-22(27)26-19-10-8-17(2)9-11-19/h8-11,13-14,25H,4-7,12,15-16H2,1-3H3,(H,26,27). The third-order valence-electron chi connectivity index (χ3n) is 4.51. The van der Waals surface area contributed by atoms with Crippen molar-refractivity contribution in [3.63, 3.8) is 0 Å². The van der Waals surface area contributed by atoms with E-state index in [9.17, 15) is 4.79 Å². The van der Waals surface area contributed by atoms with Crippen LogP contribution in [0.3, 0.4) is 0 Å². The van der Waals surface area contributed by atoms with Crippen LogP contribution in [0.4, 0.5) is 5.69 Å². The van der Waals surface area contributed by atoms with Crippen LogP contribution < -0.4 is 20.1 Å². The highest BCUT2D eigenvalue weighted by Gasteiger charge is 2.14. The predicted octanol–water partition coefficient (Wildman–Crippen LogP) is 5.34. The molecule has 0 saturated carbocycles. The third kappa shape index (κ3) is 7.95. The van der Waals surface area contributed by atoms with Crippen molar-refractivity contribution >= 4 is 23.2 Å². The van der Waals surface area contributed by atoms with Gasteiger partial charge in [0.1, 0.15) is 0 Å². The maximum absolute atomic E-state index is 12.2. The molecule has 0 fully saturated rings. The lowest BCUT2D eigenvalue weighted by Gasteiger charge is -2.14. The Morgan fingerprint density at radius 3 is 2.55 bits per heavy atom. The van der Waals surface area contributed by atoms with E-state index < -0.39 is 0 Å². The zero-order valence-electron chi connectivity index (χ0n) is 17.5. The van der Waals surface area contributed by atoms with Gasteiger partial charge in [0.25, 0.3) is 5.91 Å². The van der Waals surface area contributed by atoms with Crippen molar-refractivity contribution in [2.24, 2.45) is 0 Å². The van der Waals surface area contributed by atoms with Crippen molar-refractivity contribution in [2.45, 2.75) is 46.1 Å². The van der Waals surface area contributed by atoms with Crippen LogP contribution in [-0.4, -0.2) is 26.2 Å². The summed E-state index contributed by atoms with van der Waals surface area (Å²) >= 11 is 6.39. The van der Waals surface area contributed by atoms with Gasteiger partial charge in [0, 0.05) is 12.2 Å². The second kappa shape index (κ2) is 12.3. The van der Waals surface area contributed by atoms with Crippen molar-refractivity contribution in [3.05, 3.63) is 52.5 Å². The van der Waals surface area contributed by atoms with E-state index in [1.165, 1.54) is 19.3 Å². The highest BCUT2D eigenvalue weighted by atomic mass is 35.5. The van der Waals surface area contributed by atoms with E-state index in [1.807, 2.05) is 43.3 Å². The SMILES string of the molecule is CCCCCCNCc1cc(Cl)c(OCC(=O)Nc2ccc(C)cc2)c(OC)c1. The lowest BCUT2D eigenvalue weighted by Crippen LogP contribution is -2.20. The number of methoxy groups -OCH3 is 1. The van der Waals surface area contributed by atoms with Gasteiger partial charge in [0.05, 0.1) is 12.1 Å². The first kappa shape index (κ1) is 23.0. The van der Waals surface area contributed by atoms with Gasteiger partial charge in [-0.1, -0.05) is 55.5 Å². The molecule has 158 valence electrons. The van der Waals surface area contributed by atoms with Crippen LogP contribution in [0.15, 0.2) is 36.4 Å². The zero-order chi connectivity index (χ0) is 21.1. The van der Waals surface area contributed by atoms with Crippen LogP contribution >= 0.6 is 11.6 Å². The van der Waals surface area contributed by atoms with E-state index in [-0.39, 0.29) is 12.5 Å². The molecule has 2 rings (SSSR count). The lowest BCUT2D eigenvalue weighted by molar-refractivity contribution is -0.118. The van der Waals surface area contributed by atoms with Crippen LogP contribution in [0.1, 0.15) is 43.7 Å². The van der Waals surface area contributed by atoms with E-state index in [1.54, 1.807) is 7.11 Å². The minimum Gasteiger partial charge on any atom is -0.493 e. The number of aryl methyl sites for hydroxylation is 1. The van der Waals surface area contributed by atoms with Crippen LogP contribution in [0.2, 0.25) is 5.02 Å². The molecule has 0 heterocycles. The second-order valence-electron chi connectivity index (χ2n) is 7.05. The first-order chi connectivity index (χ1) is 14.0. The summed E-state index contributed by atoms with van der Waals surface area (Å²) in [6.07, 6.45) is 4.91. The molecule has 0 aliphatic heterocycles. The molecule has 29 heavy (non-hydrogen) atoms. The highest BCUT2D eigenvalue weighted by Crippen LogP contribution is 2.36. The summed E-state index contributed by atoms with van der Waals surface area (Å²) in [5, 5.41) is 6.65. The Morgan fingerprint density at radius 2 is 1.86 bits per heavy atom. The molecule has 2 aromatic carbocycles. The van der Waals surface area contributed by atoms with E-state index in [0.717, 1.165) is 29.8 Å². The van der Waals surface area contributed by atoms with Crippen molar-refractivity contribution in [2.75, 3.05) is 25.6 Å². The average molecular weight is 419 g/mol. The van der Waals surface area contributed by atoms with Gasteiger partial charge in [-0.3, -0.25) is 4.79 Å². The number of anilines is 1. The van der Waals surface area contributed by atoms with Crippen LogP contribution in [0, 0.1) is 6.92 Å². The normalized spacial score (nSPS) is 10.6. The van der Waals surface area contributed by atoms with Crippen LogP contribution in [-0.2, 0) is 11.3 Å². The lowest BCUT2D eigenvalue weighted by atomic mass is 10.2. The molecule has 2 aromatic rings. The number of amides is 1. The summed E-state index contributed by atoms with van der Waals surface area (Å²) in [5.41, 5.74) is 2.87. The van der Waals surface area contributed by atoms with E-state index >= 15 is 0 Å². The molecule has 0 aliphatic carbocycles. The van der Waals surface area contributed by atoms with E-state index in [0.29, 0.717) is 23.1 Å². The number of carbonyl (C=O) groups is 1. The predicted molar refractivity (Wildman–Crippen MR) is 119 cm³/mol. The van der Waals surface area contributed by atoms with Crippen LogP contribution in [0.25, 0.3) is 0 Å². The maximum Gasteiger partial charge on any atom is 0.262 e. The Balaban J connectivity index is 1.89. The number of nitrogens with one attached hydrogen (secondary N) is 2. The molecular formula is C23H31ClN2O3. The number of ether oxygens (including phenoxy) is 2. The van der Waals surface area contributed by atoms with Crippen molar-refractivity contribution in [3.8, 4) is 11.5 Å². The Kier molecular flexibility index (Phi) is 9.81. The Labute approximate surface area is 178 Å². The van der Waals surface area contributed by atoms with Gasteiger partial charge < -0.3 is 20.1 Å². The third-order valence-corrected chi connectivity index (χ3v) is 4.79. The molecule has 2 N–H and O–H groups in total. The maximum atomic E-state index is 12.2. The summed E-state index contributed by atoms with van der Waals surface area (Å²) in [5.74, 6) is 0.633. The molecule has 0 aliphatic rings. The molecular weight excluding hydrogens is 388 g/mol. The average Bonchev–Trinajstić information content (AvgIpc) is 2.71. The van der Waals surface area contributed by atoms with Crippen molar-refractivity contribution in [1.29, 1.82) is 0 Å². The molecule has 5 nitrogen and oxygen atoms in total. The van der Waals surface area contributed by atoms with Crippen LogP contribution in [0.5, 0.6) is 11.5 Å². The van der Waals surface area contributed by atoms with Gasteiger partial charge in [-0.05, 0) is 49.7 Å². The van der Waals surface area contributed by atoms with Gasteiger partial charge in [-0.25, -0.2) is 0 Å².